The molecular formula is C12H18N2O4S. The molecule has 0 bridgehead atoms. The number of ether oxygens (including phenoxy) is 1. The first-order chi connectivity index (χ1) is 8.84. The Morgan fingerprint density at radius 2 is 2.11 bits per heavy atom. The van der Waals surface area contributed by atoms with E-state index < -0.39 is 16.0 Å². The largest absolute Gasteiger partial charge is 0.466 e. The monoisotopic (exact) mass is 286 g/mol. The van der Waals surface area contributed by atoms with Gasteiger partial charge in [0.2, 0.25) is 10.0 Å². The van der Waals surface area contributed by atoms with Crippen LogP contribution in [0.5, 0.6) is 0 Å². The van der Waals surface area contributed by atoms with Crippen LogP contribution < -0.4 is 10.5 Å². The predicted molar refractivity (Wildman–Crippen MR) is 74.3 cm³/mol. The van der Waals surface area contributed by atoms with Crippen LogP contribution in [0.3, 0.4) is 0 Å². The van der Waals surface area contributed by atoms with Gasteiger partial charge >= 0.3 is 5.97 Å². The number of nitrogen functional groups attached to an aromatic ring is 1. The highest BCUT2D eigenvalue weighted by molar-refractivity contribution is 7.92. The average Bonchev–Trinajstić information content (AvgIpc) is 2.31. The molecule has 19 heavy (non-hydrogen) atoms. The molecule has 0 aliphatic carbocycles. The third kappa shape index (κ3) is 5.17. The Morgan fingerprint density at radius 3 is 2.68 bits per heavy atom. The van der Waals surface area contributed by atoms with Crippen molar-refractivity contribution in [2.45, 2.75) is 20.3 Å². The summed E-state index contributed by atoms with van der Waals surface area (Å²) in [4.78, 5) is 11.1. The van der Waals surface area contributed by atoms with E-state index in [0.29, 0.717) is 11.4 Å². The SMILES string of the molecule is CCOC(=O)CCS(=O)(=O)Nc1ccc(C)cc1N. The van der Waals surface area contributed by atoms with Crippen molar-refractivity contribution < 1.29 is 17.9 Å². The number of nitrogens with one attached hydrogen (secondary N) is 1. The Morgan fingerprint density at radius 1 is 1.42 bits per heavy atom. The number of hydrogen-bond donors (Lipinski definition) is 2. The van der Waals surface area contributed by atoms with Gasteiger partial charge in [0, 0.05) is 0 Å². The van der Waals surface area contributed by atoms with Crippen molar-refractivity contribution in [1.82, 2.24) is 0 Å². The Labute approximate surface area is 113 Å². The molecule has 0 saturated carbocycles. The maximum atomic E-state index is 11.8. The van der Waals surface area contributed by atoms with Crippen LogP contribution >= 0.6 is 0 Å². The molecule has 0 radical (unpaired) electrons. The van der Waals surface area contributed by atoms with Gasteiger partial charge in [-0.2, -0.15) is 0 Å². The van der Waals surface area contributed by atoms with Gasteiger partial charge in [-0.25, -0.2) is 8.42 Å². The number of carbonyl (C=O) groups excluding carboxylic acids is 1. The zero-order valence-electron chi connectivity index (χ0n) is 11.0. The summed E-state index contributed by atoms with van der Waals surface area (Å²) in [5.41, 5.74) is 7.31. The van der Waals surface area contributed by atoms with Crippen molar-refractivity contribution in [3.05, 3.63) is 23.8 Å². The second-order valence-electron chi connectivity index (χ2n) is 4.07. The van der Waals surface area contributed by atoms with Gasteiger partial charge in [-0.1, -0.05) is 6.07 Å². The lowest BCUT2D eigenvalue weighted by molar-refractivity contribution is -0.142. The number of benzene rings is 1. The zero-order chi connectivity index (χ0) is 14.5. The number of aryl methyl sites for hydroxylation is 1. The molecule has 1 aromatic rings. The fraction of sp³-hybridized carbons (Fsp3) is 0.417. The van der Waals surface area contributed by atoms with Crippen molar-refractivity contribution in [1.29, 1.82) is 0 Å². The van der Waals surface area contributed by atoms with Crippen LogP contribution in [0.2, 0.25) is 0 Å². The van der Waals surface area contributed by atoms with Crippen LogP contribution in [0, 0.1) is 6.92 Å². The second-order valence-corrected chi connectivity index (χ2v) is 5.91. The summed E-state index contributed by atoms with van der Waals surface area (Å²) in [5, 5.41) is 0. The van der Waals surface area contributed by atoms with E-state index in [0.717, 1.165) is 5.56 Å². The second kappa shape index (κ2) is 6.42. The number of nitrogens with two attached hydrogens (primary N) is 1. The van der Waals surface area contributed by atoms with Crippen LogP contribution in [0.25, 0.3) is 0 Å². The van der Waals surface area contributed by atoms with Gasteiger partial charge in [-0.05, 0) is 31.5 Å². The average molecular weight is 286 g/mol. The molecule has 0 amide bonds. The Bertz CT molecular complexity index is 555. The Balaban J connectivity index is 2.66. The van der Waals surface area contributed by atoms with Crippen molar-refractivity contribution in [3.8, 4) is 0 Å². The van der Waals surface area contributed by atoms with Crippen LogP contribution in [0.15, 0.2) is 18.2 Å². The molecule has 0 fully saturated rings. The molecule has 0 aliphatic rings. The Kier molecular flexibility index (Phi) is 5.17. The van der Waals surface area contributed by atoms with E-state index in [9.17, 15) is 13.2 Å². The smallest absolute Gasteiger partial charge is 0.306 e. The third-order valence-electron chi connectivity index (χ3n) is 2.35. The van der Waals surface area contributed by atoms with Gasteiger partial charge in [0.15, 0.2) is 0 Å². The number of esters is 1. The highest BCUT2D eigenvalue weighted by atomic mass is 32.2. The summed E-state index contributed by atoms with van der Waals surface area (Å²) in [6, 6.07) is 5.01. The predicted octanol–water partition coefficient (Wildman–Crippen LogP) is 1.27. The van der Waals surface area contributed by atoms with Crippen molar-refractivity contribution in [2.24, 2.45) is 0 Å². The first kappa shape index (κ1) is 15.3. The molecule has 0 spiro atoms. The van der Waals surface area contributed by atoms with E-state index >= 15 is 0 Å². The normalized spacial score (nSPS) is 11.1. The van der Waals surface area contributed by atoms with Crippen molar-refractivity contribution >= 4 is 27.4 Å². The van der Waals surface area contributed by atoms with E-state index in [-0.39, 0.29) is 18.8 Å². The fourth-order valence-corrected chi connectivity index (χ4v) is 2.50. The Hall–Kier alpha value is -1.76. The first-order valence-electron chi connectivity index (χ1n) is 5.86. The number of sulfonamides is 1. The van der Waals surface area contributed by atoms with E-state index in [2.05, 4.69) is 9.46 Å². The minimum atomic E-state index is -3.61. The topological polar surface area (TPSA) is 98.5 Å². The lowest BCUT2D eigenvalue weighted by Gasteiger charge is -2.10. The van der Waals surface area contributed by atoms with Crippen molar-refractivity contribution in [3.63, 3.8) is 0 Å². The molecule has 1 rings (SSSR count). The standard InChI is InChI=1S/C12H18N2O4S/c1-3-18-12(15)6-7-19(16,17)14-11-5-4-9(2)8-10(11)13/h4-5,8,14H,3,6-7,13H2,1-2H3. The molecule has 3 N–H and O–H groups in total. The van der Waals surface area contributed by atoms with E-state index in [1.165, 1.54) is 0 Å². The molecule has 0 aromatic heterocycles. The number of rotatable bonds is 6. The summed E-state index contributed by atoms with van der Waals surface area (Å²) >= 11 is 0. The van der Waals surface area contributed by atoms with Gasteiger partial charge in [-0.15, -0.1) is 0 Å². The zero-order valence-corrected chi connectivity index (χ0v) is 11.8. The number of hydrogen-bond acceptors (Lipinski definition) is 5. The van der Waals surface area contributed by atoms with Gasteiger partial charge in [-0.3, -0.25) is 9.52 Å². The molecule has 106 valence electrons. The maximum absolute atomic E-state index is 11.8. The van der Waals surface area contributed by atoms with Gasteiger partial charge < -0.3 is 10.5 Å². The molecule has 6 nitrogen and oxygen atoms in total. The van der Waals surface area contributed by atoms with Crippen LogP contribution in [-0.4, -0.2) is 26.7 Å². The minimum Gasteiger partial charge on any atom is -0.466 e. The van der Waals surface area contributed by atoms with Crippen molar-refractivity contribution in [2.75, 3.05) is 22.8 Å². The molecule has 0 saturated heterocycles. The van der Waals surface area contributed by atoms with Crippen LogP contribution in [0.1, 0.15) is 18.9 Å². The lowest BCUT2D eigenvalue weighted by Crippen LogP contribution is -2.20. The maximum Gasteiger partial charge on any atom is 0.306 e. The van der Waals surface area contributed by atoms with Gasteiger partial charge in [0.25, 0.3) is 0 Å². The quantitative estimate of drug-likeness (QED) is 0.606. The highest BCUT2D eigenvalue weighted by Gasteiger charge is 2.15. The minimum absolute atomic E-state index is 0.186. The van der Waals surface area contributed by atoms with E-state index in [1.807, 2.05) is 6.92 Å². The highest BCUT2D eigenvalue weighted by Crippen LogP contribution is 2.20. The molecule has 0 aliphatic heterocycles. The molecule has 0 unspecified atom stereocenters. The molecule has 0 heterocycles. The first-order valence-corrected chi connectivity index (χ1v) is 7.51. The van der Waals surface area contributed by atoms with Gasteiger partial charge in [0.1, 0.15) is 0 Å². The van der Waals surface area contributed by atoms with Crippen LogP contribution in [0.4, 0.5) is 11.4 Å². The molecule has 1 aromatic carbocycles. The molecule has 7 heteroatoms. The molecule has 0 atom stereocenters. The summed E-state index contributed by atoms with van der Waals surface area (Å²) in [6.45, 7) is 3.75. The molecular weight excluding hydrogens is 268 g/mol. The van der Waals surface area contributed by atoms with Crippen LogP contribution in [-0.2, 0) is 19.6 Å². The summed E-state index contributed by atoms with van der Waals surface area (Å²) in [5.74, 6) is -0.871. The third-order valence-corrected chi connectivity index (χ3v) is 3.63. The summed E-state index contributed by atoms with van der Waals surface area (Å²) < 4.78 is 30.6. The number of carbonyl (C=O) groups is 1. The van der Waals surface area contributed by atoms with E-state index in [4.69, 9.17) is 5.73 Å². The fourth-order valence-electron chi connectivity index (χ4n) is 1.44. The van der Waals surface area contributed by atoms with Gasteiger partial charge in [0.05, 0.1) is 30.2 Å². The van der Waals surface area contributed by atoms with E-state index in [1.54, 1.807) is 25.1 Å². The lowest BCUT2D eigenvalue weighted by atomic mass is 10.2. The summed E-state index contributed by atoms with van der Waals surface area (Å²) in [7, 11) is -3.61. The summed E-state index contributed by atoms with van der Waals surface area (Å²) in [6.07, 6.45) is -0.186. The number of anilines is 2.